The average molecular weight is 353 g/mol. The second-order valence-corrected chi connectivity index (χ2v) is 5.34. The molecule has 2 aromatic carbocycles. The molecule has 1 N–H and O–H groups in total. The standard InChI is InChI=1S/C20H19NO5/c1-14-4-5-15(13-25-17-8-6-16(21-2)7-9-17)12-19(14)26-18(10-11-22)20(23)24-3/h4-10,12,22H,11,13H2,1,3H3/b18-10-. The molecule has 0 amide bonds. The van der Waals surface area contributed by atoms with Crippen molar-refractivity contribution in [2.75, 3.05) is 13.7 Å². The highest BCUT2D eigenvalue weighted by molar-refractivity contribution is 5.86. The van der Waals surface area contributed by atoms with Gasteiger partial charge in [-0.25, -0.2) is 9.64 Å². The largest absolute Gasteiger partial charge is 0.489 e. The molecule has 0 atom stereocenters. The highest BCUT2D eigenvalue weighted by Crippen LogP contribution is 2.24. The van der Waals surface area contributed by atoms with Crippen LogP contribution in [0.2, 0.25) is 0 Å². The van der Waals surface area contributed by atoms with Crippen molar-refractivity contribution in [1.82, 2.24) is 0 Å². The van der Waals surface area contributed by atoms with E-state index in [9.17, 15) is 4.79 Å². The van der Waals surface area contributed by atoms with Gasteiger partial charge < -0.3 is 19.3 Å². The van der Waals surface area contributed by atoms with Crippen LogP contribution in [0.25, 0.3) is 4.85 Å². The molecule has 26 heavy (non-hydrogen) atoms. The molecule has 0 saturated heterocycles. The Morgan fingerprint density at radius 1 is 1.23 bits per heavy atom. The van der Waals surface area contributed by atoms with Gasteiger partial charge >= 0.3 is 5.97 Å². The number of nitrogens with zero attached hydrogens (tertiary/aromatic N) is 1. The number of carbonyl (C=O) groups is 1. The van der Waals surface area contributed by atoms with Gasteiger partial charge in [0.05, 0.1) is 20.3 Å². The maximum atomic E-state index is 11.7. The summed E-state index contributed by atoms with van der Waals surface area (Å²) >= 11 is 0. The summed E-state index contributed by atoms with van der Waals surface area (Å²) in [4.78, 5) is 15.0. The van der Waals surface area contributed by atoms with E-state index >= 15 is 0 Å². The highest BCUT2D eigenvalue weighted by atomic mass is 16.6. The first-order valence-electron chi connectivity index (χ1n) is 7.84. The molecule has 0 aliphatic heterocycles. The first-order chi connectivity index (χ1) is 12.6. The molecule has 0 aliphatic carbocycles. The first kappa shape index (κ1) is 19.0. The molecule has 0 fully saturated rings. The lowest BCUT2D eigenvalue weighted by molar-refractivity contribution is -0.138. The Morgan fingerprint density at radius 2 is 1.96 bits per heavy atom. The number of methoxy groups -OCH3 is 1. The van der Waals surface area contributed by atoms with Crippen molar-refractivity contribution >= 4 is 11.7 Å². The van der Waals surface area contributed by atoms with Gasteiger partial charge in [-0.15, -0.1) is 0 Å². The van der Waals surface area contributed by atoms with E-state index in [-0.39, 0.29) is 12.4 Å². The normalized spacial score (nSPS) is 10.8. The van der Waals surface area contributed by atoms with E-state index in [0.29, 0.717) is 23.8 Å². The summed E-state index contributed by atoms with van der Waals surface area (Å²) in [6.45, 7) is 8.74. The van der Waals surface area contributed by atoms with Crippen molar-refractivity contribution < 1.29 is 24.1 Å². The van der Waals surface area contributed by atoms with Crippen molar-refractivity contribution in [3.8, 4) is 11.5 Å². The molecule has 0 radical (unpaired) electrons. The van der Waals surface area contributed by atoms with Gasteiger partial charge in [-0.1, -0.05) is 24.3 Å². The zero-order valence-corrected chi connectivity index (χ0v) is 14.6. The van der Waals surface area contributed by atoms with Gasteiger partial charge in [-0.2, -0.15) is 0 Å². The van der Waals surface area contributed by atoms with Crippen molar-refractivity contribution in [2.45, 2.75) is 13.5 Å². The van der Waals surface area contributed by atoms with Crippen LogP contribution in [0.1, 0.15) is 11.1 Å². The van der Waals surface area contributed by atoms with Gasteiger partial charge in [0.2, 0.25) is 5.76 Å². The zero-order valence-electron chi connectivity index (χ0n) is 14.6. The van der Waals surface area contributed by atoms with Gasteiger partial charge in [0.1, 0.15) is 18.1 Å². The molecular formula is C20H19NO5. The van der Waals surface area contributed by atoms with Crippen LogP contribution in [0, 0.1) is 13.5 Å². The summed E-state index contributed by atoms with van der Waals surface area (Å²) in [5, 5.41) is 9.03. The van der Waals surface area contributed by atoms with Gasteiger partial charge in [-0.3, -0.25) is 0 Å². The van der Waals surface area contributed by atoms with Crippen LogP contribution in [-0.2, 0) is 16.1 Å². The summed E-state index contributed by atoms with van der Waals surface area (Å²) in [7, 11) is 1.24. The molecule has 2 aromatic rings. The summed E-state index contributed by atoms with van der Waals surface area (Å²) in [5.74, 6) is 0.376. The highest BCUT2D eigenvalue weighted by Gasteiger charge is 2.14. The summed E-state index contributed by atoms with van der Waals surface area (Å²) in [6.07, 6.45) is 1.24. The van der Waals surface area contributed by atoms with Crippen LogP contribution in [0.3, 0.4) is 0 Å². The molecule has 0 aromatic heterocycles. The van der Waals surface area contributed by atoms with Crippen molar-refractivity contribution in [3.05, 3.63) is 76.8 Å². The Bertz CT molecular complexity index is 834. The van der Waals surface area contributed by atoms with Crippen molar-refractivity contribution in [3.63, 3.8) is 0 Å². The molecule has 0 aliphatic rings. The summed E-state index contributed by atoms with van der Waals surface area (Å²) in [6, 6.07) is 12.4. The Kier molecular flexibility index (Phi) is 6.77. The van der Waals surface area contributed by atoms with E-state index in [1.165, 1.54) is 13.2 Å². The maximum absolute atomic E-state index is 11.7. The van der Waals surface area contributed by atoms with Gasteiger partial charge in [0.25, 0.3) is 0 Å². The van der Waals surface area contributed by atoms with E-state index in [1.54, 1.807) is 30.3 Å². The predicted octanol–water partition coefficient (Wildman–Crippen LogP) is 3.55. The monoisotopic (exact) mass is 353 g/mol. The van der Waals surface area contributed by atoms with Gasteiger partial charge in [-0.05, 0) is 42.3 Å². The maximum Gasteiger partial charge on any atom is 0.373 e. The summed E-state index contributed by atoms with van der Waals surface area (Å²) < 4.78 is 15.9. The number of aliphatic hydroxyl groups is 1. The molecule has 6 nitrogen and oxygen atoms in total. The lowest BCUT2D eigenvalue weighted by Crippen LogP contribution is -2.12. The van der Waals surface area contributed by atoms with Crippen LogP contribution >= 0.6 is 0 Å². The third-order valence-electron chi connectivity index (χ3n) is 3.51. The molecule has 2 rings (SSSR count). The third kappa shape index (κ3) is 5.10. The molecule has 0 bridgehead atoms. The van der Waals surface area contributed by atoms with Crippen LogP contribution in [-0.4, -0.2) is 24.8 Å². The van der Waals surface area contributed by atoms with E-state index in [1.807, 2.05) is 19.1 Å². The van der Waals surface area contributed by atoms with E-state index in [0.717, 1.165) is 11.1 Å². The molecule has 0 saturated carbocycles. The average Bonchev–Trinajstić information content (AvgIpc) is 2.67. The fourth-order valence-corrected chi connectivity index (χ4v) is 2.10. The number of esters is 1. The Balaban J connectivity index is 2.11. The number of hydrogen-bond acceptors (Lipinski definition) is 5. The second-order valence-electron chi connectivity index (χ2n) is 5.34. The van der Waals surface area contributed by atoms with Crippen LogP contribution in [0.15, 0.2) is 54.3 Å². The molecular weight excluding hydrogens is 334 g/mol. The smallest absolute Gasteiger partial charge is 0.373 e. The van der Waals surface area contributed by atoms with Gasteiger partial charge in [0.15, 0.2) is 5.69 Å². The lowest BCUT2D eigenvalue weighted by atomic mass is 10.1. The van der Waals surface area contributed by atoms with Gasteiger partial charge in [0, 0.05) is 0 Å². The molecule has 0 spiro atoms. The summed E-state index contributed by atoms with van der Waals surface area (Å²) in [5.41, 5.74) is 2.21. The lowest BCUT2D eigenvalue weighted by Gasteiger charge is -2.13. The predicted molar refractivity (Wildman–Crippen MR) is 96.0 cm³/mol. The number of benzene rings is 2. The molecule has 134 valence electrons. The second kappa shape index (κ2) is 9.25. The van der Waals surface area contributed by atoms with E-state index < -0.39 is 5.97 Å². The minimum Gasteiger partial charge on any atom is -0.489 e. The zero-order chi connectivity index (χ0) is 18.9. The molecule has 0 unspecified atom stereocenters. The SMILES string of the molecule is [C-]#[N+]c1ccc(OCc2ccc(C)c(O/C(=C\CO)C(=O)OC)c2)cc1. The number of rotatable bonds is 7. The first-order valence-corrected chi connectivity index (χ1v) is 7.84. The van der Waals surface area contributed by atoms with Crippen molar-refractivity contribution in [2.24, 2.45) is 0 Å². The number of hydrogen-bond donors (Lipinski definition) is 1. The Labute approximate surface area is 152 Å². The van der Waals surface area contributed by atoms with Crippen LogP contribution in [0.4, 0.5) is 5.69 Å². The number of ether oxygens (including phenoxy) is 3. The Morgan fingerprint density at radius 3 is 2.58 bits per heavy atom. The fourth-order valence-electron chi connectivity index (χ4n) is 2.10. The van der Waals surface area contributed by atoms with Crippen LogP contribution in [0.5, 0.6) is 11.5 Å². The van der Waals surface area contributed by atoms with Crippen molar-refractivity contribution in [1.29, 1.82) is 0 Å². The quantitative estimate of drug-likeness (QED) is 0.357. The molecule has 6 heteroatoms. The minimum absolute atomic E-state index is 0.0779. The fraction of sp³-hybridized carbons (Fsp3) is 0.200. The van der Waals surface area contributed by atoms with E-state index in [4.69, 9.17) is 21.2 Å². The van der Waals surface area contributed by atoms with Crippen LogP contribution < -0.4 is 9.47 Å². The topological polar surface area (TPSA) is 69.3 Å². The number of carbonyl (C=O) groups excluding carboxylic acids is 1. The minimum atomic E-state index is -0.667. The third-order valence-corrected chi connectivity index (χ3v) is 3.51. The number of aliphatic hydroxyl groups excluding tert-OH is 1. The Hall–Kier alpha value is -3.30. The molecule has 0 heterocycles. The van der Waals surface area contributed by atoms with E-state index in [2.05, 4.69) is 9.58 Å². The number of aryl methyl sites for hydroxylation is 1.